The lowest BCUT2D eigenvalue weighted by atomic mass is 10.2. The Bertz CT molecular complexity index is 202. The van der Waals surface area contributed by atoms with E-state index in [0.717, 1.165) is 0 Å². The van der Waals surface area contributed by atoms with Gasteiger partial charge in [-0.25, -0.2) is 0 Å². The van der Waals surface area contributed by atoms with Gasteiger partial charge in [0.05, 0.1) is 5.57 Å². The number of hydrogen-bond donors (Lipinski definition) is 0. The number of ketones is 2. The van der Waals surface area contributed by atoms with Gasteiger partial charge in [0.1, 0.15) is 0 Å². The first kappa shape index (κ1) is 9.82. The van der Waals surface area contributed by atoms with E-state index in [-0.39, 0.29) is 17.1 Å². The molecule has 0 unspecified atom stereocenters. The molecule has 0 aromatic rings. The lowest BCUT2D eigenvalue weighted by molar-refractivity contribution is -0.115. The summed E-state index contributed by atoms with van der Waals surface area (Å²) in [6.45, 7) is 5.68. The molecule has 1 rings (SSSR count). The monoisotopic (exact) mass is 152 g/mol. The Morgan fingerprint density at radius 3 is 1.64 bits per heavy atom. The maximum absolute atomic E-state index is 10.6. The highest BCUT2D eigenvalue weighted by molar-refractivity contribution is 6.33. The zero-order chi connectivity index (χ0) is 8.85. The van der Waals surface area contributed by atoms with Crippen LogP contribution in [0.2, 0.25) is 0 Å². The van der Waals surface area contributed by atoms with Crippen LogP contribution in [0.5, 0.6) is 0 Å². The van der Waals surface area contributed by atoms with Crippen molar-refractivity contribution in [2.75, 3.05) is 0 Å². The van der Waals surface area contributed by atoms with E-state index in [4.69, 9.17) is 0 Å². The lowest BCUT2D eigenvalue weighted by Crippen LogP contribution is -1.99. The van der Waals surface area contributed by atoms with Crippen LogP contribution in [-0.4, -0.2) is 11.6 Å². The van der Waals surface area contributed by atoms with Gasteiger partial charge in [0.2, 0.25) is 0 Å². The SMILES string of the molecule is CC.CC=C1C(=O)C=CC1=O. The summed E-state index contributed by atoms with van der Waals surface area (Å²) < 4.78 is 0. The van der Waals surface area contributed by atoms with Gasteiger partial charge in [0.25, 0.3) is 0 Å². The molecule has 11 heavy (non-hydrogen) atoms. The van der Waals surface area contributed by atoms with Crippen molar-refractivity contribution in [1.82, 2.24) is 0 Å². The fourth-order valence-electron chi connectivity index (χ4n) is 0.737. The molecule has 1 aliphatic rings. The van der Waals surface area contributed by atoms with E-state index in [9.17, 15) is 9.59 Å². The number of carbonyl (C=O) groups is 2. The highest BCUT2D eigenvalue weighted by atomic mass is 16.2. The molecule has 2 heteroatoms. The van der Waals surface area contributed by atoms with Gasteiger partial charge in [-0.2, -0.15) is 0 Å². The summed E-state index contributed by atoms with van der Waals surface area (Å²) in [7, 11) is 0. The van der Waals surface area contributed by atoms with Crippen molar-refractivity contribution in [2.24, 2.45) is 0 Å². The van der Waals surface area contributed by atoms with Crippen LogP contribution in [0.1, 0.15) is 20.8 Å². The molecule has 0 saturated heterocycles. The van der Waals surface area contributed by atoms with E-state index in [1.54, 1.807) is 6.92 Å². The summed E-state index contributed by atoms with van der Waals surface area (Å²) in [5.41, 5.74) is 0.287. The van der Waals surface area contributed by atoms with Gasteiger partial charge >= 0.3 is 0 Å². The molecule has 2 nitrogen and oxygen atoms in total. The second-order valence-corrected chi connectivity index (χ2v) is 1.76. The summed E-state index contributed by atoms with van der Waals surface area (Å²) in [5.74, 6) is -0.356. The number of rotatable bonds is 0. The van der Waals surface area contributed by atoms with E-state index in [1.807, 2.05) is 13.8 Å². The Hall–Kier alpha value is -1.18. The Kier molecular flexibility index (Phi) is 4.11. The first-order chi connectivity index (χ1) is 5.25. The molecule has 0 aliphatic heterocycles. The van der Waals surface area contributed by atoms with Gasteiger partial charge in [-0.3, -0.25) is 9.59 Å². The Labute approximate surface area is 66.6 Å². The van der Waals surface area contributed by atoms with Gasteiger partial charge < -0.3 is 0 Å². The zero-order valence-corrected chi connectivity index (χ0v) is 7.05. The third kappa shape index (κ3) is 2.15. The van der Waals surface area contributed by atoms with Gasteiger partial charge in [-0.15, -0.1) is 0 Å². The van der Waals surface area contributed by atoms with E-state index in [1.165, 1.54) is 18.2 Å². The summed E-state index contributed by atoms with van der Waals surface area (Å²) in [5, 5.41) is 0. The second kappa shape index (κ2) is 4.61. The third-order valence-electron chi connectivity index (χ3n) is 1.21. The van der Waals surface area contributed by atoms with Crippen molar-refractivity contribution in [3.63, 3.8) is 0 Å². The van der Waals surface area contributed by atoms with E-state index in [2.05, 4.69) is 0 Å². The Morgan fingerprint density at radius 1 is 1.09 bits per heavy atom. The Balaban J connectivity index is 0.000000461. The van der Waals surface area contributed by atoms with E-state index in [0.29, 0.717) is 0 Å². The van der Waals surface area contributed by atoms with Gasteiger partial charge in [0, 0.05) is 0 Å². The molecule has 0 heterocycles. The van der Waals surface area contributed by atoms with Gasteiger partial charge in [-0.05, 0) is 19.1 Å². The summed E-state index contributed by atoms with van der Waals surface area (Å²) in [4.78, 5) is 21.3. The predicted octanol–water partition coefficient (Wildman–Crippen LogP) is 1.67. The van der Waals surface area contributed by atoms with Crippen LogP contribution < -0.4 is 0 Å². The molecule has 0 spiro atoms. The third-order valence-corrected chi connectivity index (χ3v) is 1.21. The molecule has 0 aromatic heterocycles. The molecule has 60 valence electrons. The maximum Gasteiger partial charge on any atom is 0.189 e. The number of carbonyl (C=O) groups excluding carboxylic acids is 2. The minimum atomic E-state index is -0.178. The van der Waals surface area contributed by atoms with Crippen LogP contribution in [0.4, 0.5) is 0 Å². The van der Waals surface area contributed by atoms with Gasteiger partial charge in [-0.1, -0.05) is 19.9 Å². The number of hydrogen-bond acceptors (Lipinski definition) is 2. The summed E-state index contributed by atoms with van der Waals surface area (Å²) in [6.07, 6.45) is 4.11. The zero-order valence-electron chi connectivity index (χ0n) is 7.05. The standard InChI is InChI=1S/C7H6O2.C2H6/c1-2-5-6(8)3-4-7(5)9;1-2/h2-4H,1H3;1-2H3. The largest absolute Gasteiger partial charge is 0.289 e. The fraction of sp³-hybridized carbons (Fsp3) is 0.333. The van der Waals surface area contributed by atoms with E-state index < -0.39 is 0 Å². The van der Waals surface area contributed by atoms with Crippen molar-refractivity contribution in [3.8, 4) is 0 Å². The van der Waals surface area contributed by atoms with E-state index >= 15 is 0 Å². The first-order valence-corrected chi connectivity index (χ1v) is 3.68. The van der Waals surface area contributed by atoms with Crippen LogP contribution in [0.25, 0.3) is 0 Å². The van der Waals surface area contributed by atoms with Crippen molar-refractivity contribution in [1.29, 1.82) is 0 Å². The van der Waals surface area contributed by atoms with Crippen molar-refractivity contribution in [3.05, 3.63) is 23.8 Å². The van der Waals surface area contributed by atoms with Crippen LogP contribution in [-0.2, 0) is 9.59 Å². The number of allylic oxidation sites excluding steroid dienone is 4. The molecule has 1 aliphatic carbocycles. The highest BCUT2D eigenvalue weighted by Gasteiger charge is 2.17. The molecular weight excluding hydrogens is 140 g/mol. The molecule has 0 N–H and O–H groups in total. The van der Waals surface area contributed by atoms with Crippen LogP contribution in [0, 0.1) is 0 Å². The highest BCUT2D eigenvalue weighted by Crippen LogP contribution is 2.07. The maximum atomic E-state index is 10.6. The molecule has 0 amide bonds. The molecule has 0 fully saturated rings. The normalized spacial score (nSPS) is 14.6. The average molecular weight is 152 g/mol. The fourth-order valence-corrected chi connectivity index (χ4v) is 0.737. The quantitative estimate of drug-likeness (QED) is 0.391. The molecule has 0 atom stereocenters. The Morgan fingerprint density at radius 2 is 1.45 bits per heavy atom. The molecule has 0 radical (unpaired) electrons. The lowest BCUT2D eigenvalue weighted by Gasteiger charge is -1.85. The summed E-state index contributed by atoms with van der Waals surface area (Å²) in [6, 6.07) is 0. The van der Waals surface area contributed by atoms with Crippen molar-refractivity contribution in [2.45, 2.75) is 20.8 Å². The van der Waals surface area contributed by atoms with Crippen LogP contribution in [0.3, 0.4) is 0 Å². The van der Waals surface area contributed by atoms with Crippen LogP contribution >= 0.6 is 0 Å². The molecule has 0 aromatic carbocycles. The average Bonchev–Trinajstić information content (AvgIpc) is 2.35. The topological polar surface area (TPSA) is 34.1 Å². The first-order valence-electron chi connectivity index (χ1n) is 3.68. The smallest absolute Gasteiger partial charge is 0.189 e. The van der Waals surface area contributed by atoms with Crippen molar-refractivity contribution < 1.29 is 9.59 Å². The molecule has 0 bridgehead atoms. The summed E-state index contributed by atoms with van der Waals surface area (Å²) >= 11 is 0. The van der Waals surface area contributed by atoms with Gasteiger partial charge in [0.15, 0.2) is 11.6 Å². The minimum Gasteiger partial charge on any atom is -0.289 e. The second-order valence-electron chi connectivity index (χ2n) is 1.76. The minimum absolute atomic E-state index is 0.178. The van der Waals surface area contributed by atoms with Crippen LogP contribution in [0.15, 0.2) is 23.8 Å². The van der Waals surface area contributed by atoms with Crippen molar-refractivity contribution >= 4 is 11.6 Å². The predicted molar refractivity (Wildman–Crippen MR) is 44.3 cm³/mol. The molecular formula is C9H12O2. The molecule has 0 saturated carbocycles.